The number of ether oxygens (including phenoxy) is 1. The molecule has 2 aromatic rings. The molecule has 10 heteroatoms. The molecule has 8 nitrogen and oxygen atoms in total. The van der Waals surface area contributed by atoms with Crippen molar-refractivity contribution in [2.75, 3.05) is 33.3 Å². The molecule has 0 atom stereocenters. The number of sulfonamides is 2. The van der Waals surface area contributed by atoms with Gasteiger partial charge < -0.3 is 4.74 Å². The van der Waals surface area contributed by atoms with E-state index in [0.717, 1.165) is 5.56 Å². The van der Waals surface area contributed by atoms with Crippen molar-refractivity contribution in [1.29, 1.82) is 0 Å². The average molecular weight is 467 g/mol. The summed E-state index contributed by atoms with van der Waals surface area (Å²) >= 11 is 0. The van der Waals surface area contributed by atoms with Crippen molar-refractivity contribution in [2.24, 2.45) is 0 Å². The molecule has 1 saturated heterocycles. The van der Waals surface area contributed by atoms with Crippen LogP contribution in [-0.4, -0.2) is 64.7 Å². The average Bonchev–Trinajstić information content (AvgIpc) is 2.72. The van der Waals surface area contributed by atoms with E-state index in [4.69, 9.17) is 0 Å². The number of piperazine rings is 1. The summed E-state index contributed by atoms with van der Waals surface area (Å²) in [6.45, 7) is 5.48. The maximum absolute atomic E-state index is 13.1. The fourth-order valence-corrected chi connectivity index (χ4v) is 6.96. The third kappa shape index (κ3) is 4.52. The van der Waals surface area contributed by atoms with Gasteiger partial charge in [-0.1, -0.05) is 17.7 Å². The van der Waals surface area contributed by atoms with Gasteiger partial charge in [0.2, 0.25) is 20.0 Å². The van der Waals surface area contributed by atoms with Gasteiger partial charge in [0.25, 0.3) is 0 Å². The molecular weight excluding hydrogens is 440 g/mol. The van der Waals surface area contributed by atoms with Gasteiger partial charge in [-0.3, -0.25) is 0 Å². The summed E-state index contributed by atoms with van der Waals surface area (Å²) in [6, 6.07) is 9.42. The topological polar surface area (TPSA) is 101 Å². The second-order valence-electron chi connectivity index (χ2n) is 7.55. The van der Waals surface area contributed by atoms with Crippen molar-refractivity contribution in [3.63, 3.8) is 0 Å². The molecule has 1 heterocycles. The Hall–Kier alpha value is -2.27. The van der Waals surface area contributed by atoms with Crippen molar-refractivity contribution in [1.82, 2.24) is 8.61 Å². The zero-order chi connectivity index (χ0) is 23.0. The standard InChI is InChI=1S/C21H26N2O6S2/c1-15-5-7-19(16(2)13-15)30(25,26)22-9-11-23(12-10-22)31(27,28)20-8-6-18(14-17(20)3)21(24)29-4/h5-8,13-14H,9-12H2,1-4H3. The van der Waals surface area contributed by atoms with E-state index in [1.807, 2.05) is 13.0 Å². The van der Waals surface area contributed by atoms with Crippen LogP contribution in [-0.2, 0) is 24.8 Å². The molecule has 0 aliphatic carbocycles. The Bertz CT molecular complexity index is 1210. The van der Waals surface area contributed by atoms with Crippen molar-refractivity contribution in [3.8, 4) is 0 Å². The third-order valence-electron chi connectivity index (χ3n) is 5.36. The lowest BCUT2D eigenvalue weighted by Crippen LogP contribution is -2.50. The van der Waals surface area contributed by atoms with Crippen LogP contribution in [0.1, 0.15) is 27.0 Å². The first-order valence-corrected chi connectivity index (χ1v) is 12.6. The van der Waals surface area contributed by atoms with Crippen molar-refractivity contribution < 1.29 is 26.4 Å². The van der Waals surface area contributed by atoms with E-state index in [-0.39, 0.29) is 41.5 Å². The minimum absolute atomic E-state index is 0.0463. The summed E-state index contributed by atoms with van der Waals surface area (Å²) in [5, 5.41) is 0. The number of hydrogen-bond donors (Lipinski definition) is 0. The van der Waals surface area contributed by atoms with Crippen LogP contribution >= 0.6 is 0 Å². The molecule has 31 heavy (non-hydrogen) atoms. The minimum atomic E-state index is -3.83. The summed E-state index contributed by atoms with van der Waals surface area (Å²) in [4.78, 5) is 12.0. The van der Waals surface area contributed by atoms with E-state index in [2.05, 4.69) is 4.74 Å². The van der Waals surface area contributed by atoms with Crippen LogP contribution in [0.2, 0.25) is 0 Å². The summed E-state index contributed by atoms with van der Waals surface area (Å²) in [6.07, 6.45) is 0. The van der Waals surface area contributed by atoms with Gasteiger partial charge in [-0.25, -0.2) is 21.6 Å². The van der Waals surface area contributed by atoms with Gasteiger partial charge in [-0.15, -0.1) is 0 Å². The molecular formula is C21H26N2O6S2. The normalized spacial score (nSPS) is 16.3. The number of benzene rings is 2. The largest absolute Gasteiger partial charge is 0.465 e. The van der Waals surface area contributed by atoms with E-state index in [0.29, 0.717) is 11.1 Å². The maximum Gasteiger partial charge on any atom is 0.337 e. The van der Waals surface area contributed by atoms with Crippen LogP contribution in [0.4, 0.5) is 0 Å². The monoisotopic (exact) mass is 466 g/mol. The Kier molecular flexibility index (Phi) is 6.56. The molecule has 0 spiro atoms. The number of hydrogen-bond acceptors (Lipinski definition) is 6. The molecule has 0 saturated carbocycles. The Morgan fingerprint density at radius 3 is 1.65 bits per heavy atom. The highest BCUT2D eigenvalue weighted by atomic mass is 32.2. The van der Waals surface area contributed by atoms with Gasteiger partial charge in [0.15, 0.2) is 0 Å². The first-order valence-electron chi connectivity index (χ1n) is 9.75. The molecule has 168 valence electrons. The van der Waals surface area contributed by atoms with E-state index in [9.17, 15) is 21.6 Å². The lowest BCUT2D eigenvalue weighted by molar-refractivity contribution is 0.0600. The van der Waals surface area contributed by atoms with E-state index in [1.165, 1.54) is 33.9 Å². The molecule has 0 amide bonds. The third-order valence-corrected chi connectivity index (χ3v) is 9.48. The fraction of sp³-hybridized carbons (Fsp3) is 0.381. The van der Waals surface area contributed by atoms with Crippen molar-refractivity contribution in [2.45, 2.75) is 30.6 Å². The predicted octanol–water partition coefficient (Wildman–Crippen LogP) is 2.09. The van der Waals surface area contributed by atoms with Gasteiger partial charge >= 0.3 is 5.97 Å². The number of carbonyl (C=O) groups is 1. The summed E-state index contributed by atoms with van der Waals surface area (Å²) < 4.78 is 59.6. The molecule has 0 aromatic heterocycles. The SMILES string of the molecule is COC(=O)c1ccc(S(=O)(=O)N2CCN(S(=O)(=O)c3ccc(C)cc3C)CC2)c(C)c1. The molecule has 0 bridgehead atoms. The predicted molar refractivity (Wildman–Crippen MR) is 116 cm³/mol. The second-order valence-corrected chi connectivity index (χ2v) is 11.4. The lowest BCUT2D eigenvalue weighted by atomic mass is 10.1. The molecule has 0 N–H and O–H groups in total. The Morgan fingerprint density at radius 1 is 0.774 bits per heavy atom. The van der Waals surface area contributed by atoms with Crippen LogP contribution in [0.5, 0.6) is 0 Å². The molecule has 0 radical (unpaired) electrons. The Morgan fingerprint density at radius 2 is 1.23 bits per heavy atom. The molecule has 2 aromatic carbocycles. The highest BCUT2D eigenvalue weighted by molar-refractivity contribution is 7.89. The molecule has 3 rings (SSSR count). The number of esters is 1. The summed E-state index contributed by atoms with van der Waals surface area (Å²) in [5.74, 6) is -0.544. The highest BCUT2D eigenvalue weighted by Gasteiger charge is 2.35. The summed E-state index contributed by atoms with van der Waals surface area (Å²) in [5.41, 5.74) is 2.33. The molecule has 1 aliphatic heterocycles. The van der Waals surface area contributed by atoms with Gasteiger partial charge in [-0.2, -0.15) is 8.61 Å². The van der Waals surface area contributed by atoms with Gasteiger partial charge in [0.1, 0.15) is 0 Å². The number of aryl methyl sites for hydroxylation is 3. The van der Waals surface area contributed by atoms with Crippen LogP contribution in [0.3, 0.4) is 0 Å². The Balaban J connectivity index is 1.79. The van der Waals surface area contributed by atoms with E-state index in [1.54, 1.807) is 26.0 Å². The minimum Gasteiger partial charge on any atom is -0.465 e. The fourth-order valence-electron chi connectivity index (χ4n) is 3.70. The van der Waals surface area contributed by atoms with Crippen molar-refractivity contribution >= 4 is 26.0 Å². The Labute approximate surface area is 183 Å². The first kappa shape index (κ1) is 23.4. The van der Waals surface area contributed by atoms with Crippen LogP contribution in [0, 0.1) is 20.8 Å². The van der Waals surface area contributed by atoms with Gasteiger partial charge in [0.05, 0.1) is 22.5 Å². The highest BCUT2D eigenvalue weighted by Crippen LogP contribution is 2.26. The van der Waals surface area contributed by atoms with Crippen LogP contribution < -0.4 is 0 Å². The number of nitrogens with zero attached hydrogens (tertiary/aromatic N) is 2. The molecule has 0 unspecified atom stereocenters. The maximum atomic E-state index is 13.1. The zero-order valence-electron chi connectivity index (χ0n) is 18.0. The smallest absolute Gasteiger partial charge is 0.337 e. The van der Waals surface area contributed by atoms with Crippen LogP contribution in [0.15, 0.2) is 46.2 Å². The van der Waals surface area contributed by atoms with E-state index < -0.39 is 26.0 Å². The van der Waals surface area contributed by atoms with Gasteiger partial charge in [-0.05, 0) is 56.2 Å². The van der Waals surface area contributed by atoms with Crippen LogP contribution in [0.25, 0.3) is 0 Å². The first-order chi connectivity index (χ1) is 14.5. The number of carbonyl (C=O) groups excluding carboxylic acids is 1. The molecule has 1 fully saturated rings. The zero-order valence-corrected chi connectivity index (χ0v) is 19.6. The number of rotatable bonds is 5. The van der Waals surface area contributed by atoms with Crippen molar-refractivity contribution in [3.05, 3.63) is 58.7 Å². The second kappa shape index (κ2) is 8.70. The number of methoxy groups -OCH3 is 1. The summed E-state index contributed by atoms with van der Waals surface area (Å²) in [7, 11) is -6.28. The molecule has 1 aliphatic rings. The van der Waals surface area contributed by atoms with E-state index >= 15 is 0 Å². The lowest BCUT2D eigenvalue weighted by Gasteiger charge is -2.33. The van der Waals surface area contributed by atoms with Gasteiger partial charge in [0, 0.05) is 26.2 Å². The quantitative estimate of drug-likeness (QED) is 0.626.